The Morgan fingerprint density at radius 2 is 1.67 bits per heavy atom. The third kappa shape index (κ3) is 13.9. The minimum atomic E-state index is 0.617. The van der Waals surface area contributed by atoms with E-state index < -0.39 is 0 Å². The van der Waals surface area contributed by atoms with Crippen LogP contribution in [0, 0.1) is 5.92 Å². The minimum Gasteiger partial charge on any atom is -0.379 e. The van der Waals surface area contributed by atoms with Gasteiger partial charge in [-0.25, -0.2) is 0 Å². The summed E-state index contributed by atoms with van der Waals surface area (Å²) in [6, 6.07) is 0. The monoisotopic (exact) mass is 217 g/mol. The van der Waals surface area contributed by atoms with Gasteiger partial charge in [-0.05, 0) is 38.8 Å². The van der Waals surface area contributed by atoms with E-state index in [0.717, 1.165) is 39.4 Å². The Labute approximate surface area is 94.5 Å². The molecule has 0 aromatic carbocycles. The van der Waals surface area contributed by atoms with Crippen LogP contribution in [0.1, 0.15) is 33.1 Å². The Balaban J connectivity index is 2.87. The van der Waals surface area contributed by atoms with Gasteiger partial charge in [-0.3, -0.25) is 0 Å². The maximum absolute atomic E-state index is 5.45. The summed E-state index contributed by atoms with van der Waals surface area (Å²) >= 11 is 0. The number of rotatable bonds is 11. The van der Waals surface area contributed by atoms with Crippen molar-refractivity contribution in [3.05, 3.63) is 0 Å². The van der Waals surface area contributed by atoms with Gasteiger partial charge < -0.3 is 14.8 Å². The molecule has 0 unspecified atom stereocenters. The molecule has 3 heteroatoms. The molecule has 92 valence electrons. The molecule has 0 bridgehead atoms. The lowest BCUT2D eigenvalue weighted by atomic mass is 10.2. The SMILES string of the molecule is CNCCCCCOCCOCC(C)C. The standard InChI is InChI=1S/C12H27NO2/c1-12(2)11-15-10-9-14-8-6-4-5-7-13-3/h12-13H,4-11H2,1-3H3. The van der Waals surface area contributed by atoms with E-state index in [2.05, 4.69) is 19.2 Å². The van der Waals surface area contributed by atoms with Gasteiger partial charge >= 0.3 is 0 Å². The maximum Gasteiger partial charge on any atom is 0.0700 e. The average Bonchev–Trinajstić information content (AvgIpc) is 2.20. The van der Waals surface area contributed by atoms with Gasteiger partial charge in [0.1, 0.15) is 0 Å². The highest BCUT2D eigenvalue weighted by atomic mass is 16.5. The van der Waals surface area contributed by atoms with Crippen molar-refractivity contribution in [2.45, 2.75) is 33.1 Å². The van der Waals surface area contributed by atoms with Crippen LogP contribution in [0.2, 0.25) is 0 Å². The number of nitrogens with one attached hydrogen (secondary N) is 1. The second-order valence-electron chi connectivity index (χ2n) is 4.25. The van der Waals surface area contributed by atoms with E-state index >= 15 is 0 Å². The van der Waals surface area contributed by atoms with Crippen LogP contribution in [0.5, 0.6) is 0 Å². The predicted octanol–water partition coefficient (Wildman–Crippen LogP) is 2.07. The minimum absolute atomic E-state index is 0.617. The van der Waals surface area contributed by atoms with Crippen LogP contribution >= 0.6 is 0 Å². The lowest BCUT2D eigenvalue weighted by Crippen LogP contribution is -2.10. The first-order chi connectivity index (χ1) is 7.27. The second-order valence-corrected chi connectivity index (χ2v) is 4.25. The van der Waals surface area contributed by atoms with Gasteiger partial charge in [-0.2, -0.15) is 0 Å². The summed E-state index contributed by atoms with van der Waals surface area (Å²) in [6.07, 6.45) is 3.64. The van der Waals surface area contributed by atoms with Crippen LogP contribution in [0.3, 0.4) is 0 Å². The number of hydrogen-bond acceptors (Lipinski definition) is 3. The fourth-order valence-corrected chi connectivity index (χ4v) is 1.22. The van der Waals surface area contributed by atoms with Crippen LogP contribution in [-0.4, -0.2) is 40.0 Å². The number of ether oxygens (including phenoxy) is 2. The first kappa shape index (κ1) is 14.9. The van der Waals surface area contributed by atoms with Gasteiger partial charge in [0.25, 0.3) is 0 Å². The quantitative estimate of drug-likeness (QED) is 0.537. The van der Waals surface area contributed by atoms with E-state index in [9.17, 15) is 0 Å². The maximum atomic E-state index is 5.45. The fourth-order valence-electron chi connectivity index (χ4n) is 1.22. The molecule has 0 spiro atoms. The Hall–Kier alpha value is -0.120. The molecule has 15 heavy (non-hydrogen) atoms. The van der Waals surface area contributed by atoms with Crippen molar-refractivity contribution >= 4 is 0 Å². The summed E-state index contributed by atoms with van der Waals surface area (Å²) in [5, 5.41) is 3.14. The third-order valence-electron chi connectivity index (χ3n) is 2.04. The molecule has 0 aromatic heterocycles. The highest BCUT2D eigenvalue weighted by Crippen LogP contribution is 1.95. The van der Waals surface area contributed by atoms with E-state index in [1.165, 1.54) is 12.8 Å². The zero-order chi connectivity index (χ0) is 11.4. The molecule has 3 nitrogen and oxygen atoms in total. The van der Waals surface area contributed by atoms with Crippen molar-refractivity contribution in [3.63, 3.8) is 0 Å². The van der Waals surface area contributed by atoms with Crippen LogP contribution < -0.4 is 5.32 Å². The molecular formula is C12H27NO2. The van der Waals surface area contributed by atoms with E-state index in [-0.39, 0.29) is 0 Å². The Morgan fingerprint density at radius 3 is 2.33 bits per heavy atom. The summed E-state index contributed by atoms with van der Waals surface area (Å²) in [4.78, 5) is 0. The summed E-state index contributed by atoms with van der Waals surface area (Å²) < 4.78 is 10.9. The lowest BCUT2D eigenvalue weighted by Gasteiger charge is -2.07. The number of hydrogen-bond donors (Lipinski definition) is 1. The molecule has 0 fully saturated rings. The van der Waals surface area contributed by atoms with Crippen molar-refractivity contribution in [2.75, 3.05) is 40.0 Å². The average molecular weight is 217 g/mol. The molecule has 0 atom stereocenters. The molecule has 0 aliphatic rings. The molecule has 0 aliphatic carbocycles. The summed E-state index contributed by atoms with van der Waals surface area (Å²) in [5.74, 6) is 0.617. The van der Waals surface area contributed by atoms with E-state index in [0.29, 0.717) is 5.92 Å². The van der Waals surface area contributed by atoms with Crippen LogP contribution in [-0.2, 0) is 9.47 Å². The van der Waals surface area contributed by atoms with Crippen LogP contribution in [0.15, 0.2) is 0 Å². The summed E-state index contributed by atoms with van der Waals surface area (Å²) in [6.45, 7) is 8.59. The van der Waals surface area contributed by atoms with Crippen LogP contribution in [0.4, 0.5) is 0 Å². The summed E-state index contributed by atoms with van der Waals surface area (Å²) in [5.41, 5.74) is 0. The third-order valence-corrected chi connectivity index (χ3v) is 2.04. The molecule has 0 aliphatic heterocycles. The van der Waals surface area contributed by atoms with Gasteiger partial charge in [0.15, 0.2) is 0 Å². The molecule has 0 amide bonds. The molecule has 0 aromatic rings. The van der Waals surface area contributed by atoms with Crippen molar-refractivity contribution in [1.29, 1.82) is 0 Å². The summed E-state index contributed by atoms with van der Waals surface area (Å²) in [7, 11) is 1.99. The van der Waals surface area contributed by atoms with E-state index in [1.807, 2.05) is 7.05 Å². The molecule has 0 saturated carbocycles. The van der Waals surface area contributed by atoms with Crippen molar-refractivity contribution < 1.29 is 9.47 Å². The topological polar surface area (TPSA) is 30.5 Å². The molecule has 0 rings (SSSR count). The van der Waals surface area contributed by atoms with E-state index in [1.54, 1.807) is 0 Å². The van der Waals surface area contributed by atoms with Crippen molar-refractivity contribution in [3.8, 4) is 0 Å². The first-order valence-electron chi connectivity index (χ1n) is 6.07. The van der Waals surface area contributed by atoms with Gasteiger partial charge in [-0.15, -0.1) is 0 Å². The zero-order valence-electron chi connectivity index (χ0n) is 10.6. The van der Waals surface area contributed by atoms with Gasteiger partial charge in [0.05, 0.1) is 13.2 Å². The Morgan fingerprint density at radius 1 is 0.933 bits per heavy atom. The van der Waals surface area contributed by atoms with Crippen LogP contribution in [0.25, 0.3) is 0 Å². The van der Waals surface area contributed by atoms with Crippen molar-refractivity contribution in [1.82, 2.24) is 5.32 Å². The van der Waals surface area contributed by atoms with Gasteiger partial charge in [0.2, 0.25) is 0 Å². The van der Waals surface area contributed by atoms with Gasteiger partial charge in [-0.1, -0.05) is 13.8 Å². The molecule has 0 heterocycles. The van der Waals surface area contributed by atoms with E-state index in [4.69, 9.17) is 9.47 Å². The lowest BCUT2D eigenvalue weighted by molar-refractivity contribution is 0.0366. The first-order valence-corrected chi connectivity index (χ1v) is 6.07. The number of unbranched alkanes of at least 4 members (excludes halogenated alkanes) is 2. The highest BCUT2D eigenvalue weighted by Gasteiger charge is 1.94. The zero-order valence-corrected chi connectivity index (χ0v) is 10.6. The molecular weight excluding hydrogens is 190 g/mol. The highest BCUT2D eigenvalue weighted by molar-refractivity contribution is 4.44. The van der Waals surface area contributed by atoms with Gasteiger partial charge in [0, 0.05) is 13.2 Å². The Bertz CT molecular complexity index is 118. The smallest absolute Gasteiger partial charge is 0.0700 e. The molecule has 0 radical (unpaired) electrons. The molecule has 0 saturated heterocycles. The fraction of sp³-hybridized carbons (Fsp3) is 1.00. The second kappa shape index (κ2) is 12.0. The largest absolute Gasteiger partial charge is 0.379 e. The normalized spacial score (nSPS) is 11.2. The Kier molecular flexibility index (Phi) is 11.9. The predicted molar refractivity (Wildman–Crippen MR) is 64.3 cm³/mol. The van der Waals surface area contributed by atoms with Crippen molar-refractivity contribution in [2.24, 2.45) is 5.92 Å². The molecule has 1 N–H and O–H groups in total.